The fourth-order valence-electron chi connectivity index (χ4n) is 4.78. The lowest BCUT2D eigenvalue weighted by Crippen LogP contribution is -2.25. The topological polar surface area (TPSA) is 91.8 Å². The van der Waals surface area contributed by atoms with Gasteiger partial charge in [-0.1, -0.05) is 55.3 Å². The second kappa shape index (κ2) is 10.5. The summed E-state index contributed by atoms with van der Waals surface area (Å²) >= 11 is 0. The Morgan fingerprint density at radius 3 is 2.75 bits per heavy atom. The van der Waals surface area contributed by atoms with Gasteiger partial charge in [0.25, 0.3) is 0 Å². The lowest BCUT2D eigenvalue weighted by atomic mass is 9.76. The van der Waals surface area contributed by atoms with E-state index in [1.807, 2.05) is 30.3 Å². The average molecular weight is 385 g/mol. The number of ketones is 1. The molecule has 0 bridgehead atoms. The minimum absolute atomic E-state index is 0.0900. The summed E-state index contributed by atoms with van der Waals surface area (Å²) in [5.41, 5.74) is 1.15. The van der Waals surface area contributed by atoms with Crippen LogP contribution in [-0.2, 0) is 17.6 Å². The number of aliphatic hydroxyl groups excluding tert-OH is 1. The first kappa shape index (κ1) is 20.6. The highest BCUT2D eigenvalue weighted by Crippen LogP contribution is 2.41. The van der Waals surface area contributed by atoms with E-state index in [0.29, 0.717) is 36.9 Å². The van der Waals surface area contributed by atoms with Crippen molar-refractivity contribution in [1.29, 1.82) is 0 Å². The Bertz CT molecular complexity index is 705. The Kier molecular flexibility index (Phi) is 7.71. The first-order valence-electron chi connectivity index (χ1n) is 10.6. The van der Waals surface area contributed by atoms with Gasteiger partial charge in [0, 0.05) is 18.8 Å². The highest BCUT2D eigenvalue weighted by Gasteiger charge is 2.38. The molecule has 1 heterocycles. The number of tetrazole rings is 1. The largest absolute Gasteiger partial charge is 0.393 e. The maximum Gasteiger partial charge on any atom is 0.174 e. The molecule has 152 valence electrons. The van der Waals surface area contributed by atoms with E-state index in [4.69, 9.17) is 0 Å². The molecule has 1 saturated carbocycles. The molecule has 1 fully saturated rings. The lowest BCUT2D eigenvalue weighted by Gasteiger charge is -2.28. The molecule has 0 radical (unpaired) electrons. The van der Waals surface area contributed by atoms with Crippen molar-refractivity contribution < 1.29 is 9.90 Å². The predicted octanol–water partition coefficient (Wildman–Crippen LogP) is 3.53. The number of aromatic nitrogens is 4. The van der Waals surface area contributed by atoms with Crippen molar-refractivity contribution in [3.05, 3.63) is 41.7 Å². The number of aryl methyl sites for hydroxylation is 1. The molecule has 1 aliphatic carbocycles. The van der Waals surface area contributed by atoms with Gasteiger partial charge in [0.15, 0.2) is 5.82 Å². The lowest BCUT2D eigenvalue weighted by molar-refractivity contribution is -0.122. The zero-order valence-electron chi connectivity index (χ0n) is 16.8. The number of aromatic amines is 1. The van der Waals surface area contributed by atoms with Gasteiger partial charge in [0.1, 0.15) is 5.78 Å². The number of nitrogens with zero attached hydrogens (tertiary/aromatic N) is 3. The molecule has 2 unspecified atom stereocenters. The number of carbonyl (C=O) groups excluding carboxylic acids is 1. The summed E-state index contributed by atoms with van der Waals surface area (Å²) in [5, 5.41) is 24.7. The Balaban J connectivity index is 1.55. The zero-order valence-corrected chi connectivity index (χ0v) is 16.8. The number of Topliss-reactive ketones (excluding diaryl/α,β-unsaturated/α-hetero) is 1. The van der Waals surface area contributed by atoms with Crippen molar-refractivity contribution in [2.75, 3.05) is 0 Å². The van der Waals surface area contributed by atoms with Gasteiger partial charge in [-0.15, -0.1) is 10.2 Å². The van der Waals surface area contributed by atoms with E-state index in [0.717, 1.165) is 49.9 Å². The highest BCUT2D eigenvalue weighted by molar-refractivity contribution is 5.83. The minimum atomic E-state index is -0.389. The standard InChI is InChI=1S/C22H32N4O2/c1-2-6-17(9-14-22-23-25-26-24-22)19-12-13-21(28)20(19)11-10-18(27)15-16-7-4-3-5-8-16/h3-5,7-8,17-20,27H,2,6,9-15H2,1H3,(H,23,24,25,26)/t17?,18?,19-,20+/m0/s1. The van der Waals surface area contributed by atoms with Crippen LogP contribution in [-0.4, -0.2) is 37.6 Å². The smallest absolute Gasteiger partial charge is 0.174 e. The maximum atomic E-state index is 12.6. The summed E-state index contributed by atoms with van der Waals surface area (Å²) in [5.74, 6) is 2.15. The molecule has 6 nitrogen and oxygen atoms in total. The molecule has 1 aromatic carbocycles. The van der Waals surface area contributed by atoms with Crippen LogP contribution in [0.15, 0.2) is 30.3 Å². The van der Waals surface area contributed by atoms with Gasteiger partial charge in [0.2, 0.25) is 0 Å². The molecule has 4 atom stereocenters. The van der Waals surface area contributed by atoms with Gasteiger partial charge in [0.05, 0.1) is 6.10 Å². The predicted molar refractivity (Wildman–Crippen MR) is 108 cm³/mol. The molecular formula is C22H32N4O2. The molecule has 2 aromatic rings. The minimum Gasteiger partial charge on any atom is -0.393 e. The molecule has 0 amide bonds. The Labute approximate surface area is 167 Å². The van der Waals surface area contributed by atoms with Crippen molar-refractivity contribution >= 4 is 5.78 Å². The normalized spacial score (nSPS) is 21.7. The van der Waals surface area contributed by atoms with Crippen LogP contribution in [0.5, 0.6) is 0 Å². The first-order chi connectivity index (χ1) is 13.7. The number of carbonyl (C=O) groups is 1. The van der Waals surface area contributed by atoms with Crippen molar-refractivity contribution in [2.45, 2.75) is 70.8 Å². The van der Waals surface area contributed by atoms with Gasteiger partial charge in [-0.25, -0.2) is 0 Å². The van der Waals surface area contributed by atoms with E-state index in [9.17, 15) is 9.90 Å². The van der Waals surface area contributed by atoms with Crippen LogP contribution < -0.4 is 0 Å². The van der Waals surface area contributed by atoms with Crippen molar-refractivity contribution in [1.82, 2.24) is 20.6 Å². The van der Waals surface area contributed by atoms with Crippen LogP contribution in [0.4, 0.5) is 0 Å². The van der Waals surface area contributed by atoms with Crippen LogP contribution in [0.25, 0.3) is 0 Å². The molecule has 0 saturated heterocycles. The van der Waals surface area contributed by atoms with E-state index in [1.165, 1.54) is 0 Å². The monoisotopic (exact) mass is 384 g/mol. The summed E-state index contributed by atoms with van der Waals surface area (Å²) < 4.78 is 0. The average Bonchev–Trinajstić information content (AvgIpc) is 3.34. The number of aliphatic hydroxyl groups is 1. The Morgan fingerprint density at radius 1 is 1.21 bits per heavy atom. The number of hydrogen-bond donors (Lipinski definition) is 2. The molecule has 1 aromatic heterocycles. The van der Waals surface area contributed by atoms with E-state index in [-0.39, 0.29) is 12.0 Å². The Hall–Kier alpha value is -2.08. The quantitative estimate of drug-likeness (QED) is 0.618. The zero-order chi connectivity index (χ0) is 19.8. The van der Waals surface area contributed by atoms with Crippen molar-refractivity contribution in [2.24, 2.45) is 17.8 Å². The fraction of sp³-hybridized carbons (Fsp3) is 0.636. The number of H-pyrrole nitrogens is 1. The van der Waals surface area contributed by atoms with Gasteiger partial charge in [-0.2, -0.15) is 5.21 Å². The molecule has 1 aliphatic rings. The SMILES string of the molecule is CCCC(CCc1nn[nH]n1)[C@@H]1CCC(=O)[C@@H]1CCC(O)Cc1ccccc1. The van der Waals surface area contributed by atoms with Crippen LogP contribution >= 0.6 is 0 Å². The molecule has 0 spiro atoms. The third kappa shape index (κ3) is 5.71. The molecular weight excluding hydrogens is 352 g/mol. The molecule has 2 N–H and O–H groups in total. The fourth-order valence-corrected chi connectivity index (χ4v) is 4.78. The van der Waals surface area contributed by atoms with Crippen molar-refractivity contribution in [3.63, 3.8) is 0 Å². The summed E-state index contributed by atoms with van der Waals surface area (Å²) in [6, 6.07) is 10.1. The number of nitrogens with one attached hydrogen (secondary N) is 1. The summed E-state index contributed by atoms with van der Waals surface area (Å²) in [7, 11) is 0. The second-order valence-electron chi connectivity index (χ2n) is 8.11. The Morgan fingerprint density at radius 2 is 2.04 bits per heavy atom. The molecule has 28 heavy (non-hydrogen) atoms. The number of benzene rings is 1. The second-order valence-corrected chi connectivity index (χ2v) is 8.11. The van der Waals surface area contributed by atoms with E-state index in [2.05, 4.69) is 27.5 Å². The maximum absolute atomic E-state index is 12.6. The summed E-state index contributed by atoms with van der Waals surface area (Å²) in [6.45, 7) is 2.21. The first-order valence-corrected chi connectivity index (χ1v) is 10.6. The number of hydrogen-bond acceptors (Lipinski definition) is 5. The van der Waals surface area contributed by atoms with E-state index < -0.39 is 0 Å². The number of rotatable bonds is 11. The van der Waals surface area contributed by atoms with Gasteiger partial charge >= 0.3 is 0 Å². The summed E-state index contributed by atoms with van der Waals surface area (Å²) in [4.78, 5) is 12.6. The van der Waals surface area contributed by atoms with Crippen LogP contribution in [0.2, 0.25) is 0 Å². The van der Waals surface area contributed by atoms with Gasteiger partial charge in [-0.05, 0) is 49.5 Å². The van der Waals surface area contributed by atoms with Gasteiger partial charge < -0.3 is 5.11 Å². The van der Waals surface area contributed by atoms with Crippen molar-refractivity contribution in [3.8, 4) is 0 Å². The van der Waals surface area contributed by atoms with E-state index >= 15 is 0 Å². The van der Waals surface area contributed by atoms with E-state index in [1.54, 1.807) is 0 Å². The highest BCUT2D eigenvalue weighted by atomic mass is 16.3. The third-order valence-electron chi connectivity index (χ3n) is 6.17. The van der Waals surface area contributed by atoms with Crippen LogP contribution in [0, 0.1) is 17.8 Å². The summed E-state index contributed by atoms with van der Waals surface area (Å²) in [6.07, 6.45) is 7.45. The molecule has 3 rings (SSSR count). The third-order valence-corrected chi connectivity index (χ3v) is 6.17. The van der Waals surface area contributed by atoms with Gasteiger partial charge in [-0.3, -0.25) is 4.79 Å². The molecule has 0 aliphatic heterocycles. The molecule has 6 heteroatoms. The van der Waals surface area contributed by atoms with Crippen LogP contribution in [0.1, 0.15) is 63.3 Å². The van der Waals surface area contributed by atoms with Crippen LogP contribution in [0.3, 0.4) is 0 Å².